The van der Waals surface area contributed by atoms with E-state index >= 15 is 0 Å². The molecular formula is C14H29N3O2. The Morgan fingerprint density at radius 2 is 1.68 bits per heavy atom. The van der Waals surface area contributed by atoms with E-state index in [1.807, 2.05) is 19.0 Å². The molecule has 0 bridgehead atoms. The summed E-state index contributed by atoms with van der Waals surface area (Å²) in [6, 6.07) is 0. The molecule has 0 heterocycles. The highest BCUT2D eigenvalue weighted by molar-refractivity contribution is 6.04. The molecule has 0 rings (SSSR count). The van der Waals surface area contributed by atoms with E-state index in [-0.39, 0.29) is 11.8 Å². The standard InChI is InChI=1S/C14H29N3O2/c1-7-8-10-17(6)13(19)14(2,3)12(18)15-9-11-16(4)5/h7-11H2,1-6H3,(H,15,18). The van der Waals surface area contributed by atoms with Crippen molar-refractivity contribution in [3.63, 3.8) is 0 Å². The molecule has 19 heavy (non-hydrogen) atoms. The van der Waals surface area contributed by atoms with Crippen molar-refractivity contribution in [1.29, 1.82) is 0 Å². The third kappa shape index (κ3) is 6.05. The minimum absolute atomic E-state index is 0.122. The molecule has 5 nitrogen and oxygen atoms in total. The number of carbonyl (C=O) groups excluding carboxylic acids is 2. The normalized spacial score (nSPS) is 11.5. The van der Waals surface area contributed by atoms with Crippen molar-refractivity contribution >= 4 is 11.8 Å². The van der Waals surface area contributed by atoms with Crippen molar-refractivity contribution < 1.29 is 9.59 Å². The lowest BCUT2D eigenvalue weighted by atomic mass is 9.90. The van der Waals surface area contributed by atoms with Crippen LogP contribution < -0.4 is 5.32 Å². The van der Waals surface area contributed by atoms with Crippen molar-refractivity contribution in [2.45, 2.75) is 33.6 Å². The molecule has 1 N–H and O–H groups in total. The summed E-state index contributed by atoms with van der Waals surface area (Å²) in [4.78, 5) is 28.0. The molecule has 0 aromatic rings. The van der Waals surface area contributed by atoms with Crippen LogP contribution in [0.5, 0.6) is 0 Å². The molecule has 0 unspecified atom stereocenters. The van der Waals surface area contributed by atoms with E-state index in [2.05, 4.69) is 12.2 Å². The summed E-state index contributed by atoms with van der Waals surface area (Å²) in [6.07, 6.45) is 1.99. The van der Waals surface area contributed by atoms with Crippen LogP contribution in [-0.2, 0) is 9.59 Å². The van der Waals surface area contributed by atoms with E-state index in [0.29, 0.717) is 13.1 Å². The fourth-order valence-corrected chi connectivity index (χ4v) is 1.69. The summed E-state index contributed by atoms with van der Waals surface area (Å²) in [5, 5.41) is 2.82. The van der Waals surface area contributed by atoms with Crippen LogP contribution >= 0.6 is 0 Å². The molecule has 0 aliphatic rings. The second-order valence-electron chi connectivity index (χ2n) is 5.76. The van der Waals surface area contributed by atoms with Gasteiger partial charge in [-0.2, -0.15) is 0 Å². The van der Waals surface area contributed by atoms with Gasteiger partial charge in [0.05, 0.1) is 0 Å². The Labute approximate surface area is 117 Å². The monoisotopic (exact) mass is 271 g/mol. The van der Waals surface area contributed by atoms with Crippen LogP contribution in [-0.4, -0.2) is 62.4 Å². The van der Waals surface area contributed by atoms with Crippen molar-refractivity contribution in [1.82, 2.24) is 15.1 Å². The lowest BCUT2D eigenvalue weighted by Crippen LogP contribution is -2.49. The number of nitrogens with one attached hydrogen (secondary N) is 1. The SMILES string of the molecule is CCCCN(C)C(=O)C(C)(C)C(=O)NCCN(C)C. The maximum Gasteiger partial charge on any atom is 0.237 e. The number of hydrogen-bond donors (Lipinski definition) is 1. The van der Waals surface area contributed by atoms with Crippen LogP contribution in [0.1, 0.15) is 33.6 Å². The zero-order valence-electron chi connectivity index (χ0n) is 13.2. The summed E-state index contributed by atoms with van der Waals surface area (Å²) >= 11 is 0. The van der Waals surface area contributed by atoms with Gasteiger partial charge < -0.3 is 15.1 Å². The van der Waals surface area contributed by atoms with Crippen molar-refractivity contribution in [3.8, 4) is 0 Å². The van der Waals surface area contributed by atoms with Crippen LogP contribution in [0.15, 0.2) is 0 Å². The zero-order valence-corrected chi connectivity index (χ0v) is 13.2. The first-order valence-corrected chi connectivity index (χ1v) is 6.92. The molecule has 5 heteroatoms. The van der Waals surface area contributed by atoms with Gasteiger partial charge in [0, 0.05) is 26.7 Å². The average Bonchev–Trinajstić information content (AvgIpc) is 2.34. The maximum absolute atomic E-state index is 12.3. The molecule has 0 radical (unpaired) electrons. The first kappa shape index (κ1) is 17.9. The predicted octanol–water partition coefficient (Wildman–Crippen LogP) is 0.949. The van der Waals surface area contributed by atoms with Gasteiger partial charge in [0.2, 0.25) is 11.8 Å². The lowest BCUT2D eigenvalue weighted by Gasteiger charge is -2.28. The summed E-state index contributed by atoms with van der Waals surface area (Å²) in [5.41, 5.74) is -1.01. The maximum atomic E-state index is 12.3. The highest BCUT2D eigenvalue weighted by Gasteiger charge is 2.37. The molecule has 112 valence electrons. The van der Waals surface area contributed by atoms with E-state index in [1.165, 1.54) is 0 Å². The van der Waals surface area contributed by atoms with E-state index in [0.717, 1.165) is 19.4 Å². The summed E-state index contributed by atoms with van der Waals surface area (Å²) in [6.45, 7) is 7.47. The van der Waals surface area contributed by atoms with Crippen LogP contribution in [0, 0.1) is 5.41 Å². The highest BCUT2D eigenvalue weighted by Crippen LogP contribution is 2.18. The molecule has 0 fully saturated rings. The molecule has 0 aromatic heterocycles. The van der Waals surface area contributed by atoms with Gasteiger partial charge in [-0.1, -0.05) is 13.3 Å². The third-order valence-corrected chi connectivity index (χ3v) is 3.14. The third-order valence-electron chi connectivity index (χ3n) is 3.14. The first-order valence-electron chi connectivity index (χ1n) is 6.92. The van der Waals surface area contributed by atoms with E-state index in [1.54, 1.807) is 25.8 Å². The molecule has 0 aromatic carbocycles. The van der Waals surface area contributed by atoms with Crippen molar-refractivity contribution in [3.05, 3.63) is 0 Å². The minimum Gasteiger partial charge on any atom is -0.354 e. The number of likely N-dealkylation sites (N-methyl/N-ethyl adjacent to an activating group) is 1. The van der Waals surface area contributed by atoms with Gasteiger partial charge in [-0.25, -0.2) is 0 Å². The molecule has 0 saturated carbocycles. The van der Waals surface area contributed by atoms with Gasteiger partial charge in [0.1, 0.15) is 5.41 Å². The van der Waals surface area contributed by atoms with E-state index in [9.17, 15) is 9.59 Å². The van der Waals surface area contributed by atoms with Crippen LogP contribution in [0.4, 0.5) is 0 Å². The Hall–Kier alpha value is -1.10. The predicted molar refractivity (Wildman–Crippen MR) is 77.9 cm³/mol. The summed E-state index contributed by atoms with van der Waals surface area (Å²) < 4.78 is 0. The molecule has 0 aliphatic carbocycles. The second-order valence-corrected chi connectivity index (χ2v) is 5.76. The minimum atomic E-state index is -1.01. The first-order chi connectivity index (χ1) is 8.73. The fourth-order valence-electron chi connectivity index (χ4n) is 1.69. The van der Waals surface area contributed by atoms with Gasteiger partial charge in [0.25, 0.3) is 0 Å². The number of rotatable bonds is 8. The van der Waals surface area contributed by atoms with Crippen LogP contribution in [0.3, 0.4) is 0 Å². The van der Waals surface area contributed by atoms with Crippen molar-refractivity contribution in [2.75, 3.05) is 40.8 Å². The topological polar surface area (TPSA) is 52.7 Å². The van der Waals surface area contributed by atoms with Gasteiger partial charge in [-0.3, -0.25) is 9.59 Å². The highest BCUT2D eigenvalue weighted by atomic mass is 16.2. The molecule has 0 spiro atoms. The number of nitrogens with zero attached hydrogens (tertiary/aromatic N) is 2. The van der Waals surface area contributed by atoms with Crippen LogP contribution in [0.2, 0.25) is 0 Å². The molecule has 0 saturated heterocycles. The largest absolute Gasteiger partial charge is 0.354 e. The Bertz CT molecular complexity index is 301. The van der Waals surface area contributed by atoms with E-state index in [4.69, 9.17) is 0 Å². The molecule has 2 amide bonds. The number of hydrogen-bond acceptors (Lipinski definition) is 3. The second kappa shape index (κ2) is 8.15. The lowest BCUT2D eigenvalue weighted by molar-refractivity contribution is -0.147. The number of unbranched alkanes of at least 4 members (excludes halogenated alkanes) is 1. The Morgan fingerprint density at radius 1 is 1.11 bits per heavy atom. The smallest absolute Gasteiger partial charge is 0.237 e. The van der Waals surface area contributed by atoms with Gasteiger partial charge >= 0.3 is 0 Å². The van der Waals surface area contributed by atoms with Gasteiger partial charge in [-0.15, -0.1) is 0 Å². The molecule has 0 aliphatic heterocycles. The zero-order chi connectivity index (χ0) is 15.1. The summed E-state index contributed by atoms with van der Waals surface area (Å²) in [7, 11) is 5.65. The Kier molecular flexibility index (Phi) is 7.68. The average molecular weight is 271 g/mol. The van der Waals surface area contributed by atoms with Gasteiger partial charge in [0.15, 0.2) is 0 Å². The number of amides is 2. The van der Waals surface area contributed by atoms with E-state index < -0.39 is 5.41 Å². The molecular weight excluding hydrogens is 242 g/mol. The number of carbonyl (C=O) groups is 2. The Balaban J connectivity index is 4.40. The van der Waals surface area contributed by atoms with Crippen LogP contribution in [0.25, 0.3) is 0 Å². The van der Waals surface area contributed by atoms with Crippen molar-refractivity contribution in [2.24, 2.45) is 5.41 Å². The quantitative estimate of drug-likeness (QED) is 0.669. The fraction of sp³-hybridized carbons (Fsp3) is 0.857. The Morgan fingerprint density at radius 3 is 2.16 bits per heavy atom. The summed E-state index contributed by atoms with van der Waals surface area (Å²) in [5.74, 6) is -0.328. The molecule has 0 atom stereocenters. The van der Waals surface area contributed by atoms with Gasteiger partial charge in [-0.05, 0) is 34.4 Å².